The maximum Gasteiger partial charge on any atom is 0.256 e. The number of nitrogen functional groups attached to an aromatic ring is 1. The number of piperazine rings is 1. The second kappa shape index (κ2) is 8.54. The molecule has 142 valence electrons. The first kappa shape index (κ1) is 18.7. The number of carbonyl (C=O) groups is 2. The third-order valence-corrected chi connectivity index (χ3v) is 5.73. The zero-order valence-corrected chi connectivity index (χ0v) is 15.7. The van der Waals surface area contributed by atoms with Gasteiger partial charge in [-0.3, -0.25) is 14.5 Å². The summed E-state index contributed by atoms with van der Waals surface area (Å²) in [7, 11) is 1.94. The summed E-state index contributed by atoms with van der Waals surface area (Å²) >= 11 is 0. The van der Waals surface area contributed by atoms with E-state index in [1.807, 2.05) is 29.0 Å². The number of carbonyl (C=O) groups excluding carboxylic acids is 2. The van der Waals surface area contributed by atoms with Crippen LogP contribution in [0.1, 0.15) is 42.5 Å². The van der Waals surface area contributed by atoms with Crippen molar-refractivity contribution in [1.29, 1.82) is 0 Å². The van der Waals surface area contributed by atoms with Gasteiger partial charge in [-0.05, 0) is 25.0 Å². The highest BCUT2D eigenvalue weighted by molar-refractivity contribution is 5.99. The molecule has 0 aromatic heterocycles. The second-order valence-electron chi connectivity index (χ2n) is 7.45. The Morgan fingerprint density at radius 3 is 2.38 bits per heavy atom. The molecule has 1 saturated carbocycles. The number of hydrogen-bond donors (Lipinski definition) is 1. The number of hydrogen-bond acceptors (Lipinski definition) is 4. The Morgan fingerprint density at radius 1 is 1.08 bits per heavy atom. The molecule has 2 aliphatic rings. The third-order valence-electron chi connectivity index (χ3n) is 5.73. The molecule has 1 heterocycles. The van der Waals surface area contributed by atoms with Gasteiger partial charge in [-0.25, -0.2) is 0 Å². The number of rotatable bonds is 4. The van der Waals surface area contributed by atoms with Crippen molar-refractivity contribution in [2.75, 3.05) is 45.5 Å². The van der Waals surface area contributed by atoms with Gasteiger partial charge in [0.25, 0.3) is 5.91 Å². The number of likely N-dealkylation sites (N-methyl/N-ethyl adjacent to an activating group) is 1. The molecule has 0 spiro atoms. The van der Waals surface area contributed by atoms with E-state index >= 15 is 0 Å². The molecule has 6 nitrogen and oxygen atoms in total. The van der Waals surface area contributed by atoms with Crippen LogP contribution in [0.15, 0.2) is 24.3 Å². The zero-order valence-electron chi connectivity index (χ0n) is 15.7. The highest BCUT2D eigenvalue weighted by Gasteiger charge is 2.27. The quantitative estimate of drug-likeness (QED) is 0.834. The number of nitrogens with two attached hydrogens (primary N) is 1. The molecule has 0 atom stereocenters. The molecule has 0 bridgehead atoms. The van der Waals surface area contributed by atoms with Crippen molar-refractivity contribution in [3.05, 3.63) is 29.8 Å². The van der Waals surface area contributed by atoms with E-state index in [0.717, 1.165) is 25.9 Å². The Balaban J connectivity index is 1.48. The maximum atomic E-state index is 12.6. The van der Waals surface area contributed by atoms with E-state index in [4.69, 9.17) is 5.73 Å². The first-order chi connectivity index (χ1) is 12.6. The number of nitrogens with zero attached hydrogens (tertiary/aromatic N) is 3. The lowest BCUT2D eigenvalue weighted by Crippen LogP contribution is -2.52. The lowest BCUT2D eigenvalue weighted by atomic mass is 9.94. The topological polar surface area (TPSA) is 69.9 Å². The van der Waals surface area contributed by atoms with Crippen LogP contribution < -0.4 is 5.73 Å². The minimum atomic E-state index is -0.0200. The standard InChI is InChI=1S/C20H30N4O2/c1-22(16-7-3-2-4-8-16)19(25)15-23-11-13-24(14-12-23)20(26)17-9-5-6-10-18(17)21/h5-6,9-10,16H,2-4,7-8,11-15,21H2,1H3. The van der Waals surface area contributed by atoms with Gasteiger partial charge in [-0.15, -0.1) is 0 Å². The van der Waals surface area contributed by atoms with E-state index in [1.165, 1.54) is 19.3 Å². The van der Waals surface area contributed by atoms with Crippen molar-refractivity contribution >= 4 is 17.5 Å². The normalized spacial score (nSPS) is 19.3. The van der Waals surface area contributed by atoms with Gasteiger partial charge >= 0.3 is 0 Å². The van der Waals surface area contributed by atoms with Gasteiger partial charge in [0, 0.05) is 45.0 Å². The van der Waals surface area contributed by atoms with Gasteiger partial charge in [-0.2, -0.15) is 0 Å². The summed E-state index contributed by atoms with van der Waals surface area (Å²) in [5.74, 6) is 0.178. The first-order valence-corrected chi connectivity index (χ1v) is 9.68. The largest absolute Gasteiger partial charge is 0.398 e. The molecule has 6 heteroatoms. The summed E-state index contributed by atoms with van der Waals surface area (Å²) in [6.07, 6.45) is 6.00. The minimum Gasteiger partial charge on any atom is -0.398 e. The highest BCUT2D eigenvalue weighted by Crippen LogP contribution is 2.22. The molecule has 2 N–H and O–H groups in total. The molecule has 2 amide bonds. The SMILES string of the molecule is CN(C(=O)CN1CCN(C(=O)c2ccccc2N)CC1)C1CCCCC1. The molecule has 1 aromatic carbocycles. The van der Waals surface area contributed by atoms with E-state index in [-0.39, 0.29) is 11.8 Å². The Bertz CT molecular complexity index is 634. The van der Waals surface area contributed by atoms with Crippen LogP contribution in [0.3, 0.4) is 0 Å². The molecule has 0 radical (unpaired) electrons. The van der Waals surface area contributed by atoms with Gasteiger partial charge < -0.3 is 15.5 Å². The van der Waals surface area contributed by atoms with Crippen molar-refractivity contribution in [2.24, 2.45) is 0 Å². The molecule has 3 rings (SSSR count). The van der Waals surface area contributed by atoms with E-state index < -0.39 is 0 Å². The number of amides is 2. The van der Waals surface area contributed by atoms with Crippen molar-refractivity contribution < 1.29 is 9.59 Å². The molecular formula is C20H30N4O2. The first-order valence-electron chi connectivity index (χ1n) is 9.68. The van der Waals surface area contributed by atoms with Gasteiger partial charge in [-0.1, -0.05) is 31.4 Å². The predicted molar refractivity (Wildman–Crippen MR) is 103 cm³/mol. The summed E-state index contributed by atoms with van der Waals surface area (Å²) in [5.41, 5.74) is 7.00. The van der Waals surface area contributed by atoms with Crippen molar-refractivity contribution in [1.82, 2.24) is 14.7 Å². The number of para-hydroxylation sites is 1. The molecule has 0 unspecified atom stereocenters. The van der Waals surface area contributed by atoms with E-state index in [1.54, 1.807) is 12.1 Å². The van der Waals surface area contributed by atoms with Crippen LogP contribution in [0, 0.1) is 0 Å². The minimum absolute atomic E-state index is 0.0200. The van der Waals surface area contributed by atoms with Gasteiger partial charge in [0.05, 0.1) is 12.1 Å². The lowest BCUT2D eigenvalue weighted by molar-refractivity contribution is -0.134. The maximum absolute atomic E-state index is 12.6. The van der Waals surface area contributed by atoms with Crippen molar-refractivity contribution in [3.8, 4) is 0 Å². The predicted octanol–water partition coefficient (Wildman–Crippen LogP) is 1.82. The Hall–Kier alpha value is -2.08. The fourth-order valence-corrected chi connectivity index (χ4v) is 3.95. The van der Waals surface area contributed by atoms with Gasteiger partial charge in [0.15, 0.2) is 0 Å². The van der Waals surface area contributed by atoms with Crippen molar-refractivity contribution in [2.45, 2.75) is 38.1 Å². The zero-order chi connectivity index (χ0) is 18.5. The van der Waals surface area contributed by atoms with Gasteiger partial charge in [0.1, 0.15) is 0 Å². The fraction of sp³-hybridized carbons (Fsp3) is 0.600. The van der Waals surface area contributed by atoms with Crippen LogP contribution in [0.2, 0.25) is 0 Å². The molecule has 2 fully saturated rings. The fourth-order valence-electron chi connectivity index (χ4n) is 3.95. The van der Waals surface area contributed by atoms with E-state index in [0.29, 0.717) is 36.9 Å². The summed E-state index contributed by atoms with van der Waals surface area (Å²) < 4.78 is 0. The van der Waals surface area contributed by atoms with Crippen LogP contribution in [-0.4, -0.2) is 72.3 Å². The highest BCUT2D eigenvalue weighted by atomic mass is 16.2. The van der Waals surface area contributed by atoms with Crippen LogP contribution in [0.25, 0.3) is 0 Å². The van der Waals surface area contributed by atoms with E-state index in [2.05, 4.69) is 4.90 Å². The number of anilines is 1. The monoisotopic (exact) mass is 358 g/mol. The molecule has 1 saturated heterocycles. The summed E-state index contributed by atoms with van der Waals surface area (Å²) in [4.78, 5) is 31.1. The molecule has 1 aliphatic carbocycles. The molecule has 1 aromatic rings. The molecule has 1 aliphatic heterocycles. The smallest absolute Gasteiger partial charge is 0.256 e. The van der Waals surface area contributed by atoms with Crippen molar-refractivity contribution in [3.63, 3.8) is 0 Å². The summed E-state index contributed by atoms with van der Waals surface area (Å²) in [6.45, 7) is 3.16. The summed E-state index contributed by atoms with van der Waals surface area (Å²) in [6, 6.07) is 7.59. The average Bonchev–Trinajstić information content (AvgIpc) is 2.68. The van der Waals surface area contributed by atoms with Crippen LogP contribution in [0.4, 0.5) is 5.69 Å². The van der Waals surface area contributed by atoms with Crippen LogP contribution >= 0.6 is 0 Å². The molecule has 26 heavy (non-hydrogen) atoms. The Labute approximate surface area is 155 Å². The Kier molecular flexibility index (Phi) is 6.14. The average molecular weight is 358 g/mol. The second-order valence-corrected chi connectivity index (χ2v) is 7.45. The lowest BCUT2D eigenvalue weighted by Gasteiger charge is -2.37. The van der Waals surface area contributed by atoms with Gasteiger partial charge in [0.2, 0.25) is 5.91 Å². The third kappa shape index (κ3) is 4.36. The molecular weight excluding hydrogens is 328 g/mol. The Morgan fingerprint density at radius 2 is 1.73 bits per heavy atom. The van der Waals surface area contributed by atoms with Crippen LogP contribution in [0.5, 0.6) is 0 Å². The van der Waals surface area contributed by atoms with Crippen LogP contribution in [-0.2, 0) is 4.79 Å². The van der Waals surface area contributed by atoms with E-state index in [9.17, 15) is 9.59 Å². The summed E-state index contributed by atoms with van der Waals surface area (Å²) in [5, 5.41) is 0. The number of benzene rings is 1.